The van der Waals surface area contributed by atoms with Gasteiger partial charge in [-0.05, 0) is 61.1 Å². The van der Waals surface area contributed by atoms with E-state index in [4.69, 9.17) is 23.7 Å². The summed E-state index contributed by atoms with van der Waals surface area (Å²) in [6.45, 7) is 2.07. The number of aliphatic hydroxyl groups is 1. The lowest BCUT2D eigenvalue weighted by atomic mass is 9.92. The molecule has 0 radical (unpaired) electrons. The van der Waals surface area contributed by atoms with Gasteiger partial charge in [-0.2, -0.15) is 0 Å². The number of aliphatic hydroxyl groups excluding tert-OH is 1. The summed E-state index contributed by atoms with van der Waals surface area (Å²) in [5, 5.41) is 14.0. The number of ether oxygens (including phenoxy) is 5. The quantitative estimate of drug-likeness (QED) is 0.396. The van der Waals surface area contributed by atoms with E-state index in [1.807, 2.05) is 42.5 Å². The van der Waals surface area contributed by atoms with Crippen LogP contribution in [0.3, 0.4) is 0 Å². The van der Waals surface area contributed by atoms with Gasteiger partial charge in [0.1, 0.15) is 18.5 Å². The SMILES string of the molecule is COCCc1ccc(OC[C@H](O)CN[C@@H]2CCCC[C@H]2OCCc2ccc(OC)c(OC)c2)cc1. The van der Waals surface area contributed by atoms with E-state index in [0.717, 1.165) is 48.5 Å². The van der Waals surface area contributed by atoms with Crippen LogP contribution >= 0.6 is 0 Å². The summed E-state index contributed by atoms with van der Waals surface area (Å²) in [5.74, 6) is 2.23. The zero-order valence-electron chi connectivity index (χ0n) is 21.3. The maximum Gasteiger partial charge on any atom is 0.160 e. The first-order valence-corrected chi connectivity index (χ1v) is 12.6. The van der Waals surface area contributed by atoms with Crippen molar-refractivity contribution in [3.8, 4) is 17.2 Å². The summed E-state index contributed by atoms with van der Waals surface area (Å²) in [7, 11) is 4.99. The van der Waals surface area contributed by atoms with E-state index in [-0.39, 0.29) is 18.8 Å². The Labute approximate surface area is 209 Å². The minimum atomic E-state index is -0.586. The lowest BCUT2D eigenvalue weighted by Gasteiger charge is -2.33. The summed E-state index contributed by atoms with van der Waals surface area (Å²) < 4.78 is 27.9. The van der Waals surface area contributed by atoms with E-state index in [1.165, 1.54) is 18.4 Å². The first-order chi connectivity index (χ1) is 17.1. The molecule has 0 aromatic heterocycles. The highest BCUT2D eigenvalue weighted by Crippen LogP contribution is 2.28. The normalized spacial score (nSPS) is 18.7. The lowest BCUT2D eigenvalue weighted by molar-refractivity contribution is 0.00183. The van der Waals surface area contributed by atoms with Crippen LogP contribution in [0.1, 0.15) is 36.8 Å². The number of hydrogen-bond acceptors (Lipinski definition) is 7. The number of benzene rings is 2. The van der Waals surface area contributed by atoms with Gasteiger partial charge in [-0.1, -0.05) is 31.0 Å². The summed E-state index contributed by atoms with van der Waals surface area (Å²) in [6.07, 6.45) is 5.69. The third-order valence-corrected chi connectivity index (χ3v) is 6.45. The van der Waals surface area contributed by atoms with Gasteiger partial charge >= 0.3 is 0 Å². The molecule has 1 aliphatic rings. The van der Waals surface area contributed by atoms with Crippen molar-refractivity contribution >= 4 is 0 Å². The van der Waals surface area contributed by atoms with Gasteiger partial charge in [0, 0.05) is 19.7 Å². The summed E-state index contributed by atoms with van der Waals surface area (Å²) >= 11 is 0. The van der Waals surface area contributed by atoms with E-state index in [2.05, 4.69) is 5.32 Å². The van der Waals surface area contributed by atoms with Crippen molar-refractivity contribution in [1.82, 2.24) is 5.32 Å². The molecule has 0 heterocycles. The third-order valence-electron chi connectivity index (χ3n) is 6.45. The van der Waals surface area contributed by atoms with Crippen LogP contribution < -0.4 is 19.5 Å². The average Bonchev–Trinajstić information content (AvgIpc) is 2.90. The predicted molar refractivity (Wildman–Crippen MR) is 137 cm³/mol. The van der Waals surface area contributed by atoms with Crippen LogP contribution in [0.4, 0.5) is 0 Å². The monoisotopic (exact) mass is 487 g/mol. The number of rotatable bonds is 15. The Balaban J connectivity index is 1.39. The number of methoxy groups -OCH3 is 3. The highest BCUT2D eigenvalue weighted by Gasteiger charge is 2.26. The molecule has 7 heteroatoms. The molecule has 2 N–H and O–H groups in total. The Morgan fingerprint density at radius 2 is 1.60 bits per heavy atom. The molecule has 1 fully saturated rings. The molecule has 0 aliphatic heterocycles. The van der Waals surface area contributed by atoms with Crippen LogP contribution in [0.5, 0.6) is 17.2 Å². The molecule has 0 spiro atoms. The summed E-state index contributed by atoms with van der Waals surface area (Å²) in [6, 6.07) is 14.2. The van der Waals surface area contributed by atoms with Gasteiger partial charge in [-0.3, -0.25) is 0 Å². The third kappa shape index (κ3) is 9.00. The van der Waals surface area contributed by atoms with Crippen LogP contribution in [-0.4, -0.2) is 71.1 Å². The van der Waals surface area contributed by atoms with E-state index in [0.29, 0.717) is 19.8 Å². The smallest absolute Gasteiger partial charge is 0.160 e. The predicted octanol–water partition coefficient (Wildman–Crippen LogP) is 3.79. The van der Waals surface area contributed by atoms with Crippen molar-refractivity contribution in [3.63, 3.8) is 0 Å². The van der Waals surface area contributed by atoms with E-state index in [9.17, 15) is 5.11 Å². The number of hydrogen-bond donors (Lipinski definition) is 2. The summed E-state index contributed by atoms with van der Waals surface area (Å²) in [4.78, 5) is 0. The molecule has 1 saturated carbocycles. The first kappa shape index (κ1) is 27.3. The molecule has 7 nitrogen and oxygen atoms in total. The zero-order chi connectivity index (χ0) is 24.9. The van der Waals surface area contributed by atoms with E-state index < -0.39 is 6.10 Å². The second-order valence-corrected chi connectivity index (χ2v) is 9.00. The van der Waals surface area contributed by atoms with Crippen LogP contribution in [0, 0.1) is 0 Å². The van der Waals surface area contributed by atoms with Gasteiger partial charge in [-0.25, -0.2) is 0 Å². The van der Waals surface area contributed by atoms with Crippen molar-refractivity contribution in [3.05, 3.63) is 53.6 Å². The molecular weight excluding hydrogens is 446 g/mol. The maximum absolute atomic E-state index is 10.4. The van der Waals surface area contributed by atoms with Crippen molar-refractivity contribution in [2.24, 2.45) is 0 Å². The largest absolute Gasteiger partial charge is 0.493 e. The number of nitrogens with one attached hydrogen (secondary N) is 1. The van der Waals surface area contributed by atoms with Gasteiger partial charge in [0.05, 0.1) is 33.5 Å². The highest BCUT2D eigenvalue weighted by molar-refractivity contribution is 5.42. The molecule has 0 saturated heterocycles. The van der Waals surface area contributed by atoms with Gasteiger partial charge in [0.2, 0.25) is 0 Å². The molecule has 0 unspecified atom stereocenters. The van der Waals surface area contributed by atoms with Gasteiger partial charge in [0.15, 0.2) is 11.5 Å². The van der Waals surface area contributed by atoms with Crippen molar-refractivity contribution in [2.75, 3.05) is 47.7 Å². The molecule has 2 aromatic rings. The standard InChI is InChI=1S/C28H41NO6/c1-31-16-14-21-8-11-24(12-9-21)35-20-23(30)19-29-25-6-4-5-7-26(25)34-17-15-22-10-13-27(32-2)28(18-22)33-3/h8-13,18,23,25-26,29-30H,4-7,14-17,19-20H2,1-3H3/t23-,25-,26-/m1/s1. The summed E-state index contributed by atoms with van der Waals surface area (Å²) in [5.41, 5.74) is 2.36. The molecule has 194 valence electrons. The highest BCUT2D eigenvalue weighted by atomic mass is 16.5. The molecule has 0 amide bonds. The fourth-order valence-electron chi connectivity index (χ4n) is 4.41. The van der Waals surface area contributed by atoms with E-state index >= 15 is 0 Å². The van der Waals surface area contributed by atoms with Gasteiger partial charge in [0.25, 0.3) is 0 Å². The molecule has 0 bridgehead atoms. The van der Waals surface area contributed by atoms with Gasteiger partial charge in [-0.15, -0.1) is 0 Å². The Kier molecular flexibility index (Phi) is 11.6. The fourth-order valence-corrected chi connectivity index (χ4v) is 4.41. The van der Waals surface area contributed by atoms with Crippen molar-refractivity contribution in [2.45, 2.75) is 56.8 Å². The topological polar surface area (TPSA) is 78.4 Å². The average molecular weight is 488 g/mol. The Bertz CT molecular complexity index is 859. The minimum absolute atomic E-state index is 0.150. The van der Waals surface area contributed by atoms with Crippen LogP contribution in [0.15, 0.2) is 42.5 Å². The second kappa shape index (κ2) is 14.9. The fraction of sp³-hybridized carbons (Fsp3) is 0.571. The molecule has 1 aliphatic carbocycles. The van der Waals surface area contributed by atoms with Crippen molar-refractivity contribution < 1.29 is 28.8 Å². The van der Waals surface area contributed by atoms with Crippen LogP contribution in [-0.2, 0) is 22.3 Å². The van der Waals surface area contributed by atoms with E-state index in [1.54, 1.807) is 21.3 Å². The zero-order valence-corrected chi connectivity index (χ0v) is 21.3. The molecule has 35 heavy (non-hydrogen) atoms. The molecule has 2 aromatic carbocycles. The Hall–Kier alpha value is -2.32. The minimum Gasteiger partial charge on any atom is -0.493 e. The Morgan fingerprint density at radius 1 is 0.886 bits per heavy atom. The Morgan fingerprint density at radius 3 is 2.34 bits per heavy atom. The first-order valence-electron chi connectivity index (χ1n) is 12.6. The van der Waals surface area contributed by atoms with Crippen molar-refractivity contribution in [1.29, 1.82) is 0 Å². The maximum atomic E-state index is 10.4. The molecular formula is C28H41NO6. The molecule has 3 rings (SSSR count). The molecule has 3 atom stereocenters. The van der Waals surface area contributed by atoms with Crippen LogP contribution in [0.25, 0.3) is 0 Å². The van der Waals surface area contributed by atoms with Gasteiger partial charge < -0.3 is 34.1 Å². The lowest BCUT2D eigenvalue weighted by Crippen LogP contribution is -2.47. The second-order valence-electron chi connectivity index (χ2n) is 9.00. The van der Waals surface area contributed by atoms with Crippen LogP contribution in [0.2, 0.25) is 0 Å².